The molecule has 1 saturated carbocycles. The summed E-state index contributed by atoms with van der Waals surface area (Å²) >= 11 is 0. The number of carbonyl (C=O) groups excluding carboxylic acids is 2. The molecule has 0 aromatic heterocycles. The summed E-state index contributed by atoms with van der Waals surface area (Å²) in [4.78, 5) is 26.3. The van der Waals surface area contributed by atoms with Crippen molar-refractivity contribution in [3.8, 4) is 5.75 Å². The molecule has 2 fully saturated rings. The second-order valence-corrected chi connectivity index (χ2v) is 5.43. The summed E-state index contributed by atoms with van der Waals surface area (Å²) in [5.41, 5.74) is 0.0359. The van der Waals surface area contributed by atoms with Crippen LogP contribution in [0.1, 0.15) is 25.7 Å². The highest BCUT2D eigenvalue weighted by Crippen LogP contribution is 2.35. The third-order valence-electron chi connectivity index (χ3n) is 4.16. The zero-order valence-corrected chi connectivity index (χ0v) is 11.5. The van der Waals surface area contributed by atoms with Crippen LogP contribution in [0.15, 0.2) is 24.3 Å². The first-order valence-corrected chi connectivity index (χ1v) is 6.92. The van der Waals surface area contributed by atoms with Crippen LogP contribution in [0.5, 0.6) is 5.75 Å². The van der Waals surface area contributed by atoms with Crippen LogP contribution in [0.3, 0.4) is 0 Å². The zero-order chi connectivity index (χ0) is 14.2. The molecule has 5 heteroatoms. The fraction of sp³-hybridized carbons (Fsp3) is 0.467. The zero-order valence-electron chi connectivity index (χ0n) is 11.5. The molecule has 5 nitrogen and oxygen atoms in total. The van der Waals surface area contributed by atoms with Crippen LogP contribution in [0.4, 0.5) is 5.69 Å². The fourth-order valence-electron chi connectivity index (χ4n) is 3.14. The van der Waals surface area contributed by atoms with Crippen molar-refractivity contribution in [3.63, 3.8) is 0 Å². The molecule has 106 valence electrons. The van der Waals surface area contributed by atoms with Gasteiger partial charge in [0.2, 0.25) is 5.91 Å². The van der Waals surface area contributed by atoms with E-state index in [9.17, 15) is 9.59 Å². The SMILES string of the molecule is COc1cccc(N2CC(=O)NC3(CCCC3)C2=O)c1. The van der Waals surface area contributed by atoms with E-state index in [1.54, 1.807) is 18.1 Å². The van der Waals surface area contributed by atoms with Gasteiger partial charge in [-0.15, -0.1) is 0 Å². The number of methoxy groups -OCH3 is 1. The van der Waals surface area contributed by atoms with E-state index in [4.69, 9.17) is 4.74 Å². The lowest BCUT2D eigenvalue weighted by atomic mass is 9.92. The van der Waals surface area contributed by atoms with Gasteiger partial charge in [-0.05, 0) is 25.0 Å². The molecule has 1 aliphatic carbocycles. The Labute approximate surface area is 117 Å². The topological polar surface area (TPSA) is 58.6 Å². The summed E-state index contributed by atoms with van der Waals surface area (Å²) in [7, 11) is 1.59. The summed E-state index contributed by atoms with van der Waals surface area (Å²) in [6.07, 6.45) is 3.44. The molecule has 0 unspecified atom stereocenters. The Morgan fingerprint density at radius 3 is 2.70 bits per heavy atom. The van der Waals surface area contributed by atoms with E-state index in [2.05, 4.69) is 5.32 Å². The van der Waals surface area contributed by atoms with Gasteiger partial charge < -0.3 is 15.0 Å². The minimum Gasteiger partial charge on any atom is -0.497 e. The Morgan fingerprint density at radius 1 is 1.25 bits per heavy atom. The van der Waals surface area contributed by atoms with E-state index in [1.165, 1.54) is 0 Å². The number of benzene rings is 1. The molecule has 1 aromatic carbocycles. The van der Waals surface area contributed by atoms with Crippen molar-refractivity contribution in [2.45, 2.75) is 31.2 Å². The van der Waals surface area contributed by atoms with Gasteiger partial charge in [0.25, 0.3) is 5.91 Å². The summed E-state index contributed by atoms with van der Waals surface area (Å²) in [6, 6.07) is 7.28. The Kier molecular flexibility index (Phi) is 3.12. The van der Waals surface area contributed by atoms with Gasteiger partial charge in [-0.3, -0.25) is 9.59 Å². The lowest BCUT2D eigenvalue weighted by molar-refractivity contribution is -0.135. The molecule has 0 radical (unpaired) electrons. The van der Waals surface area contributed by atoms with Crippen LogP contribution < -0.4 is 15.0 Å². The number of hydrogen-bond donors (Lipinski definition) is 1. The van der Waals surface area contributed by atoms with E-state index < -0.39 is 5.54 Å². The molecule has 2 amide bonds. The monoisotopic (exact) mass is 274 g/mol. The lowest BCUT2D eigenvalue weighted by Crippen LogP contribution is -2.65. The van der Waals surface area contributed by atoms with Crippen molar-refractivity contribution in [2.75, 3.05) is 18.6 Å². The predicted octanol–water partition coefficient (Wildman–Crippen LogP) is 1.47. The van der Waals surface area contributed by atoms with Crippen molar-refractivity contribution >= 4 is 17.5 Å². The summed E-state index contributed by atoms with van der Waals surface area (Å²) < 4.78 is 5.19. The van der Waals surface area contributed by atoms with Crippen LogP contribution in [0.2, 0.25) is 0 Å². The highest BCUT2D eigenvalue weighted by Gasteiger charge is 2.48. The Morgan fingerprint density at radius 2 is 2.00 bits per heavy atom. The predicted molar refractivity (Wildman–Crippen MR) is 74.7 cm³/mol. The normalized spacial score (nSPS) is 21.1. The van der Waals surface area contributed by atoms with E-state index in [0.29, 0.717) is 5.75 Å². The van der Waals surface area contributed by atoms with Gasteiger partial charge in [0.05, 0.1) is 7.11 Å². The first kappa shape index (κ1) is 13.0. The van der Waals surface area contributed by atoms with E-state index in [-0.39, 0.29) is 18.4 Å². The molecule has 0 atom stereocenters. The number of hydrogen-bond acceptors (Lipinski definition) is 3. The maximum absolute atomic E-state index is 12.8. The maximum atomic E-state index is 12.8. The second kappa shape index (κ2) is 4.81. The van der Waals surface area contributed by atoms with E-state index >= 15 is 0 Å². The number of carbonyl (C=O) groups is 2. The first-order chi connectivity index (χ1) is 9.64. The molecular formula is C15H18N2O3. The van der Waals surface area contributed by atoms with Crippen molar-refractivity contribution in [3.05, 3.63) is 24.3 Å². The smallest absolute Gasteiger partial charge is 0.253 e. The Bertz CT molecular complexity index is 550. The van der Waals surface area contributed by atoms with Gasteiger partial charge in [-0.1, -0.05) is 18.9 Å². The molecule has 2 aliphatic rings. The van der Waals surface area contributed by atoms with Crippen LogP contribution in [0.25, 0.3) is 0 Å². The van der Waals surface area contributed by atoms with E-state index in [0.717, 1.165) is 31.4 Å². The third-order valence-corrected chi connectivity index (χ3v) is 4.16. The molecule has 3 rings (SSSR count). The van der Waals surface area contributed by atoms with Crippen molar-refractivity contribution < 1.29 is 14.3 Å². The van der Waals surface area contributed by atoms with Crippen molar-refractivity contribution in [2.24, 2.45) is 0 Å². The average molecular weight is 274 g/mol. The lowest BCUT2D eigenvalue weighted by Gasteiger charge is -2.39. The molecule has 1 aromatic rings. The van der Waals surface area contributed by atoms with Gasteiger partial charge in [-0.25, -0.2) is 0 Å². The molecule has 1 saturated heterocycles. The van der Waals surface area contributed by atoms with Gasteiger partial charge >= 0.3 is 0 Å². The number of ether oxygens (including phenoxy) is 1. The fourth-order valence-corrected chi connectivity index (χ4v) is 3.14. The first-order valence-electron chi connectivity index (χ1n) is 6.92. The molecule has 0 bridgehead atoms. The summed E-state index contributed by atoms with van der Waals surface area (Å²) in [5, 5.41) is 2.91. The number of nitrogens with zero attached hydrogens (tertiary/aromatic N) is 1. The number of nitrogens with one attached hydrogen (secondary N) is 1. The summed E-state index contributed by atoms with van der Waals surface area (Å²) in [6.45, 7) is 0.0771. The van der Waals surface area contributed by atoms with Gasteiger partial charge in [0.15, 0.2) is 0 Å². The van der Waals surface area contributed by atoms with E-state index in [1.807, 2.05) is 18.2 Å². The van der Waals surface area contributed by atoms with Crippen molar-refractivity contribution in [1.82, 2.24) is 5.32 Å². The molecule has 1 aliphatic heterocycles. The van der Waals surface area contributed by atoms with Crippen molar-refractivity contribution in [1.29, 1.82) is 0 Å². The quantitative estimate of drug-likeness (QED) is 0.888. The molecule has 1 spiro atoms. The van der Waals surface area contributed by atoms with Crippen LogP contribution in [0, 0.1) is 0 Å². The van der Waals surface area contributed by atoms with Crippen LogP contribution in [-0.2, 0) is 9.59 Å². The number of rotatable bonds is 2. The average Bonchev–Trinajstić information content (AvgIpc) is 2.92. The third kappa shape index (κ3) is 2.03. The Hall–Kier alpha value is -2.04. The summed E-state index contributed by atoms with van der Waals surface area (Å²) in [5.74, 6) is 0.596. The molecule has 1 heterocycles. The molecule has 20 heavy (non-hydrogen) atoms. The number of piperazine rings is 1. The maximum Gasteiger partial charge on any atom is 0.253 e. The molecule has 1 N–H and O–H groups in total. The highest BCUT2D eigenvalue weighted by molar-refractivity contribution is 6.09. The standard InChI is InChI=1S/C15H18N2O3/c1-20-12-6-4-5-11(9-12)17-10-13(18)16-15(14(17)19)7-2-3-8-15/h4-6,9H,2-3,7-8,10H2,1H3,(H,16,18). The molecular weight excluding hydrogens is 256 g/mol. The highest BCUT2D eigenvalue weighted by atomic mass is 16.5. The van der Waals surface area contributed by atoms with Crippen LogP contribution in [-0.4, -0.2) is 31.0 Å². The van der Waals surface area contributed by atoms with Gasteiger partial charge in [0.1, 0.15) is 17.8 Å². The Balaban J connectivity index is 1.95. The van der Waals surface area contributed by atoms with Gasteiger partial charge in [-0.2, -0.15) is 0 Å². The minimum absolute atomic E-state index is 0.00264. The number of anilines is 1. The largest absolute Gasteiger partial charge is 0.497 e. The number of amides is 2. The van der Waals surface area contributed by atoms with Gasteiger partial charge in [0, 0.05) is 11.8 Å². The van der Waals surface area contributed by atoms with Crippen LogP contribution >= 0.6 is 0 Å². The second-order valence-electron chi connectivity index (χ2n) is 5.43. The minimum atomic E-state index is -0.682.